The predicted octanol–water partition coefficient (Wildman–Crippen LogP) is 0.409. The summed E-state index contributed by atoms with van der Waals surface area (Å²) in [6, 6.07) is -1.25. The monoisotopic (exact) mass is 255 g/mol. The van der Waals surface area contributed by atoms with Gasteiger partial charge in [-0.3, -0.25) is 0 Å². The Bertz CT molecular complexity index is 320. The number of rotatable bonds is 5. The molecule has 0 aliphatic carbocycles. The highest BCUT2D eigenvalue weighted by molar-refractivity contribution is 5.82. The number of carbonyl (C=O) groups is 2. The Kier molecular flexibility index (Phi) is 5.64. The third kappa shape index (κ3) is 4.75. The number of nitrogens with one attached hydrogen (secondary N) is 2. The van der Waals surface area contributed by atoms with E-state index < -0.39 is 18.0 Å². The molecule has 2 amide bonds. The van der Waals surface area contributed by atoms with Crippen LogP contribution in [0.4, 0.5) is 4.79 Å². The van der Waals surface area contributed by atoms with E-state index in [0.717, 1.165) is 25.9 Å². The highest BCUT2D eigenvalue weighted by Gasteiger charge is 2.22. The van der Waals surface area contributed by atoms with Crippen LogP contribution in [0.3, 0.4) is 0 Å². The van der Waals surface area contributed by atoms with Gasteiger partial charge in [-0.15, -0.1) is 6.58 Å². The number of carbonyl (C=O) groups excluding carboxylic acids is 1. The SMILES string of the molecule is C=CCC(NC(=O)NC1CCCN(C)C1)C(=O)O. The number of piperidine rings is 1. The Labute approximate surface area is 107 Å². The highest BCUT2D eigenvalue weighted by atomic mass is 16.4. The number of carboxylic acids is 1. The average Bonchev–Trinajstić information content (AvgIpc) is 2.28. The topological polar surface area (TPSA) is 81.7 Å². The Morgan fingerprint density at radius 1 is 1.61 bits per heavy atom. The smallest absolute Gasteiger partial charge is 0.326 e. The molecule has 0 aromatic heterocycles. The van der Waals surface area contributed by atoms with Crippen LogP contribution >= 0.6 is 0 Å². The minimum Gasteiger partial charge on any atom is -0.480 e. The lowest BCUT2D eigenvalue weighted by atomic mass is 10.1. The van der Waals surface area contributed by atoms with E-state index in [1.165, 1.54) is 6.08 Å². The molecule has 1 fully saturated rings. The van der Waals surface area contributed by atoms with Crippen LogP contribution in [0.15, 0.2) is 12.7 Å². The molecule has 1 saturated heterocycles. The molecule has 0 radical (unpaired) electrons. The summed E-state index contributed by atoms with van der Waals surface area (Å²) in [7, 11) is 2.00. The molecule has 6 nitrogen and oxygen atoms in total. The molecule has 0 aromatic carbocycles. The molecule has 1 aliphatic rings. The van der Waals surface area contributed by atoms with Gasteiger partial charge in [-0.2, -0.15) is 0 Å². The zero-order valence-corrected chi connectivity index (χ0v) is 10.7. The van der Waals surface area contributed by atoms with Crippen LogP contribution in [0.25, 0.3) is 0 Å². The Morgan fingerprint density at radius 3 is 2.89 bits per heavy atom. The zero-order valence-electron chi connectivity index (χ0n) is 10.7. The van der Waals surface area contributed by atoms with E-state index in [-0.39, 0.29) is 12.5 Å². The van der Waals surface area contributed by atoms with Crippen molar-refractivity contribution >= 4 is 12.0 Å². The summed E-state index contributed by atoms with van der Waals surface area (Å²) in [4.78, 5) is 24.7. The van der Waals surface area contributed by atoms with Crippen molar-refractivity contribution in [2.24, 2.45) is 0 Å². The van der Waals surface area contributed by atoms with Gasteiger partial charge in [-0.05, 0) is 32.9 Å². The van der Waals surface area contributed by atoms with Gasteiger partial charge in [-0.1, -0.05) is 6.08 Å². The number of urea groups is 1. The van der Waals surface area contributed by atoms with Crippen LogP contribution in [0, 0.1) is 0 Å². The fourth-order valence-corrected chi connectivity index (χ4v) is 2.06. The molecule has 2 unspecified atom stereocenters. The molecule has 18 heavy (non-hydrogen) atoms. The maximum absolute atomic E-state index is 11.7. The first-order valence-corrected chi connectivity index (χ1v) is 6.12. The van der Waals surface area contributed by atoms with E-state index in [2.05, 4.69) is 22.1 Å². The van der Waals surface area contributed by atoms with Gasteiger partial charge >= 0.3 is 12.0 Å². The summed E-state index contributed by atoms with van der Waals surface area (Å²) >= 11 is 0. The second-order valence-corrected chi connectivity index (χ2v) is 4.63. The van der Waals surface area contributed by atoms with E-state index in [4.69, 9.17) is 5.11 Å². The van der Waals surface area contributed by atoms with Crippen LogP contribution in [0.2, 0.25) is 0 Å². The molecule has 6 heteroatoms. The molecule has 1 aliphatic heterocycles. The zero-order chi connectivity index (χ0) is 13.5. The molecular weight excluding hydrogens is 234 g/mol. The van der Waals surface area contributed by atoms with Gasteiger partial charge in [0.2, 0.25) is 0 Å². The lowest BCUT2D eigenvalue weighted by Gasteiger charge is -2.30. The largest absolute Gasteiger partial charge is 0.480 e. The third-order valence-electron chi connectivity index (χ3n) is 2.97. The Morgan fingerprint density at radius 2 is 2.33 bits per heavy atom. The first kappa shape index (κ1) is 14.5. The average molecular weight is 255 g/mol. The van der Waals surface area contributed by atoms with Crippen molar-refractivity contribution < 1.29 is 14.7 Å². The molecule has 102 valence electrons. The van der Waals surface area contributed by atoms with E-state index in [9.17, 15) is 9.59 Å². The van der Waals surface area contributed by atoms with E-state index >= 15 is 0 Å². The number of carboxylic acid groups (broad SMARTS) is 1. The molecule has 0 spiro atoms. The van der Waals surface area contributed by atoms with Gasteiger partial charge < -0.3 is 20.6 Å². The second-order valence-electron chi connectivity index (χ2n) is 4.63. The lowest BCUT2D eigenvalue weighted by molar-refractivity contribution is -0.139. The Balaban J connectivity index is 2.39. The van der Waals surface area contributed by atoms with Crippen molar-refractivity contribution in [1.82, 2.24) is 15.5 Å². The number of aliphatic carboxylic acids is 1. The molecule has 0 aromatic rings. The van der Waals surface area contributed by atoms with Gasteiger partial charge in [0.05, 0.1) is 0 Å². The summed E-state index contributed by atoms with van der Waals surface area (Å²) in [6.45, 7) is 5.31. The van der Waals surface area contributed by atoms with Gasteiger partial charge in [0.15, 0.2) is 0 Å². The van der Waals surface area contributed by atoms with Gasteiger partial charge in [0.25, 0.3) is 0 Å². The maximum Gasteiger partial charge on any atom is 0.326 e. The summed E-state index contributed by atoms with van der Waals surface area (Å²) in [6.07, 6.45) is 3.66. The second kappa shape index (κ2) is 7.00. The van der Waals surface area contributed by atoms with Crippen molar-refractivity contribution in [2.75, 3.05) is 20.1 Å². The van der Waals surface area contributed by atoms with Crippen LogP contribution in [-0.4, -0.2) is 54.2 Å². The fourth-order valence-electron chi connectivity index (χ4n) is 2.06. The van der Waals surface area contributed by atoms with Crippen molar-refractivity contribution in [3.63, 3.8) is 0 Å². The van der Waals surface area contributed by atoms with Crippen LogP contribution in [0.5, 0.6) is 0 Å². The summed E-state index contributed by atoms with van der Waals surface area (Å²) in [5.41, 5.74) is 0. The lowest BCUT2D eigenvalue weighted by Crippen LogP contribution is -2.52. The first-order valence-electron chi connectivity index (χ1n) is 6.12. The fraction of sp³-hybridized carbons (Fsp3) is 0.667. The number of amides is 2. The van der Waals surface area contributed by atoms with Crippen molar-refractivity contribution in [1.29, 1.82) is 0 Å². The number of nitrogens with zero attached hydrogens (tertiary/aromatic N) is 1. The molecule has 1 rings (SSSR count). The van der Waals surface area contributed by atoms with Gasteiger partial charge in [-0.25, -0.2) is 9.59 Å². The molecule has 3 N–H and O–H groups in total. The van der Waals surface area contributed by atoms with Crippen molar-refractivity contribution in [3.8, 4) is 0 Å². The minimum absolute atomic E-state index is 0.0851. The number of hydrogen-bond acceptors (Lipinski definition) is 3. The summed E-state index contributed by atoms with van der Waals surface area (Å²) in [5.74, 6) is -1.05. The molecule has 0 bridgehead atoms. The standard InChI is InChI=1S/C12H21N3O3/c1-3-5-10(11(16)17)14-12(18)13-9-6-4-7-15(2)8-9/h3,9-10H,1,4-8H2,2H3,(H,16,17)(H2,13,14,18). The summed E-state index contributed by atoms with van der Waals surface area (Å²) in [5, 5.41) is 14.1. The quantitative estimate of drug-likeness (QED) is 0.621. The molecule has 1 heterocycles. The van der Waals surface area contributed by atoms with Crippen LogP contribution < -0.4 is 10.6 Å². The number of likely N-dealkylation sites (tertiary alicyclic amines) is 1. The van der Waals surface area contributed by atoms with Gasteiger partial charge in [0, 0.05) is 12.6 Å². The maximum atomic E-state index is 11.7. The predicted molar refractivity (Wildman–Crippen MR) is 68.4 cm³/mol. The number of likely N-dealkylation sites (N-methyl/N-ethyl adjacent to an activating group) is 1. The molecular formula is C12H21N3O3. The Hall–Kier alpha value is -1.56. The van der Waals surface area contributed by atoms with E-state index in [1.54, 1.807) is 0 Å². The highest BCUT2D eigenvalue weighted by Crippen LogP contribution is 2.07. The third-order valence-corrected chi connectivity index (χ3v) is 2.97. The van der Waals surface area contributed by atoms with Crippen molar-refractivity contribution in [3.05, 3.63) is 12.7 Å². The first-order chi connectivity index (χ1) is 8.52. The number of hydrogen-bond donors (Lipinski definition) is 3. The van der Waals surface area contributed by atoms with Gasteiger partial charge in [0.1, 0.15) is 6.04 Å². The van der Waals surface area contributed by atoms with Crippen LogP contribution in [-0.2, 0) is 4.79 Å². The minimum atomic E-state index is -1.05. The normalized spacial score (nSPS) is 21.9. The van der Waals surface area contributed by atoms with E-state index in [0.29, 0.717) is 0 Å². The molecule has 2 atom stereocenters. The molecule has 0 saturated carbocycles. The van der Waals surface area contributed by atoms with E-state index in [1.807, 2.05) is 7.05 Å². The summed E-state index contributed by atoms with van der Waals surface area (Å²) < 4.78 is 0. The van der Waals surface area contributed by atoms with Crippen molar-refractivity contribution in [2.45, 2.75) is 31.3 Å². The van der Waals surface area contributed by atoms with Crippen LogP contribution in [0.1, 0.15) is 19.3 Å².